The number of nitrogens with zero attached hydrogens (tertiary/aromatic N) is 1. The fourth-order valence-corrected chi connectivity index (χ4v) is 4.49. The number of benzene rings is 1. The lowest BCUT2D eigenvalue weighted by Gasteiger charge is -2.42. The number of hydrogen-bond donors (Lipinski definition) is 5. The normalized spacial score (nSPS) is 23.9. The van der Waals surface area contributed by atoms with Gasteiger partial charge in [0.2, 0.25) is 0 Å². The van der Waals surface area contributed by atoms with E-state index in [1.54, 1.807) is 12.2 Å². The zero-order valence-corrected chi connectivity index (χ0v) is 21.0. The maximum atomic E-state index is 11.4. The highest BCUT2D eigenvalue weighted by atomic mass is 16.4. The smallest absolute Gasteiger partial charge is 0.320 e. The highest BCUT2D eigenvalue weighted by molar-refractivity contribution is 6.02. The first-order chi connectivity index (χ1) is 16.4. The Morgan fingerprint density at radius 2 is 1.94 bits per heavy atom. The van der Waals surface area contributed by atoms with E-state index in [9.17, 15) is 9.90 Å². The van der Waals surface area contributed by atoms with Gasteiger partial charge in [-0.2, -0.15) is 5.10 Å². The van der Waals surface area contributed by atoms with Crippen LogP contribution in [0.2, 0.25) is 0 Å². The van der Waals surface area contributed by atoms with Crippen molar-refractivity contribution in [3.63, 3.8) is 0 Å². The average Bonchev–Trinajstić information content (AvgIpc) is 2.88. The van der Waals surface area contributed by atoms with Crippen molar-refractivity contribution < 1.29 is 9.90 Å². The third kappa shape index (κ3) is 8.71. The molecule has 1 aromatic rings. The van der Waals surface area contributed by atoms with E-state index in [-0.39, 0.29) is 6.04 Å². The van der Waals surface area contributed by atoms with Gasteiger partial charge in [-0.3, -0.25) is 4.79 Å². The highest BCUT2D eigenvalue weighted by Crippen LogP contribution is 2.37. The van der Waals surface area contributed by atoms with Crippen LogP contribution in [0.25, 0.3) is 0 Å². The monoisotopic (exact) mass is 469 g/mol. The number of carboxylic acid groups (broad SMARTS) is 1. The number of nitrogens with one attached hydrogen (secondary N) is 2. The van der Waals surface area contributed by atoms with E-state index in [1.165, 1.54) is 5.56 Å². The molecular weight excluding hydrogens is 426 g/mol. The zero-order valence-electron chi connectivity index (χ0n) is 21.0. The molecule has 1 aliphatic carbocycles. The summed E-state index contributed by atoms with van der Waals surface area (Å²) < 4.78 is 0. The number of allylic oxidation sites excluding steroid dienone is 4. The van der Waals surface area contributed by atoms with Crippen LogP contribution in [0.1, 0.15) is 57.6 Å². The van der Waals surface area contributed by atoms with Gasteiger partial charge in [-0.1, -0.05) is 57.4 Å². The molecule has 1 heterocycles. The van der Waals surface area contributed by atoms with Crippen LogP contribution in [0.4, 0.5) is 5.69 Å². The lowest BCUT2D eigenvalue weighted by Crippen LogP contribution is -2.50. The van der Waals surface area contributed by atoms with Gasteiger partial charge in [0, 0.05) is 17.3 Å². The largest absolute Gasteiger partial charge is 0.480 e. The molecule has 0 amide bonds. The molecule has 0 radical (unpaired) electrons. The molecule has 1 aromatic carbocycles. The molecule has 4 atom stereocenters. The van der Waals surface area contributed by atoms with Crippen molar-refractivity contribution in [1.82, 2.24) is 5.32 Å². The van der Waals surface area contributed by atoms with Crippen molar-refractivity contribution in [2.24, 2.45) is 28.5 Å². The molecule has 1 saturated heterocycles. The van der Waals surface area contributed by atoms with Crippen molar-refractivity contribution in [2.45, 2.75) is 65.0 Å². The van der Waals surface area contributed by atoms with Crippen LogP contribution in [0.15, 0.2) is 60.8 Å². The van der Waals surface area contributed by atoms with Crippen molar-refractivity contribution in [3.8, 4) is 0 Å². The summed E-state index contributed by atoms with van der Waals surface area (Å²) in [5, 5.41) is 19.8. The summed E-state index contributed by atoms with van der Waals surface area (Å²) >= 11 is 0. The lowest BCUT2D eigenvalue weighted by atomic mass is 9.72. The van der Waals surface area contributed by atoms with Crippen molar-refractivity contribution in [3.05, 3.63) is 66.8 Å². The highest BCUT2D eigenvalue weighted by Gasteiger charge is 2.37. The van der Waals surface area contributed by atoms with E-state index in [0.29, 0.717) is 24.1 Å². The summed E-state index contributed by atoms with van der Waals surface area (Å²) in [7, 11) is 0. The molecule has 0 bridgehead atoms. The van der Waals surface area contributed by atoms with E-state index in [2.05, 4.69) is 41.0 Å². The van der Waals surface area contributed by atoms with Crippen LogP contribution in [-0.4, -0.2) is 35.5 Å². The second kappa shape index (κ2) is 15.7. The number of nitrogens with two attached hydrogens (primary N) is 2. The molecule has 3 unspecified atom stereocenters. The lowest BCUT2D eigenvalue weighted by molar-refractivity contribution is -0.141. The topological polar surface area (TPSA) is 126 Å². The Morgan fingerprint density at radius 3 is 2.53 bits per heavy atom. The molecule has 2 fully saturated rings. The average molecular weight is 470 g/mol. The number of piperidine rings is 1. The van der Waals surface area contributed by atoms with Gasteiger partial charge < -0.3 is 27.3 Å². The van der Waals surface area contributed by atoms with Gasteiger partial charge in [0.15, 0.2) is 5.84 Å². The molecule has 7 heteroatoms. The fraction of sp³-hybridized carbons (Fsp3) is 0.481. The Morgan fingerprint density at radius 1 is 1.24 bits per heavy atom. The number of anilines is 1. The molecular formula is C27H43N5O2. The van der Waals surface area contributed by atoms with E-state index in [4.69, 9.17) is 11.6 Å². The summed E-state index contributed by atoms with van der Waals surface area (Å²) in [5.41, 5.74) is 8.95. The van der Waals surface area contributed by atoms with Crippen molar-refractivity contribution in [2.75, 3.05) is 11.9 Å². The molecule has 188 valence electrons. The minimum Gasteiger partial charge on any atom is -0.480 e. The molecule has 7 nitrogen and oxygen atoms in total. The second-order valence-corrected chi connectivity index (χ2v) is 8.35. The number of amidine groups is 1. The number of aliphatic carboxylic acids is 1. The number of hydrogen-bond acceptors (Lipinski definition) is 5. The molecule has 0 aromatic heterocycles. The summed E-state index contributed by atoms with van der Waals surface area (Å²) in [6, 6.07) is 5.97. The Labute approximate surface area is 205 Å². The molecule has 7 N–H and O–H groups in total. The first-order valence-corrected chi connectivity index (χ1v) is 12.2. The van der Waals surface area contributed by atoms with E-state index in [0.717, 1.165) is 43.5 Å². The standard InChI is InChI=1S/C21H31N5O2.C4H6.C2H6/c1-2-3-4-13-5-8-17(20(22)26-23)18(9-13)25-16-7-6-14-12-24-19(21(27)28)11-15(14)10-16;1-3-4-2;1-2/h2-3,5,8-9,14-16,19,24-25H,4,6-7,10-12,23H2,1H3,(H2,22,26)(H,27,28);3-4H,1-2H2;1-2H3/b3-2-;;/t14?,15?,16-,19?;;/m0../s1. The number of carbonyl (C=O) groups is 1. The quantitative estimate of drug-likeness (QED) is 0.101. The van der Waals surface area contributed by atoms with E-state index in [1.807, 2.05) is 39.0 Å². The van der Waals surface area contributed by atoms with Crippen LogP contribution < -0.4 is 22.2 Å². The van der Waals surface area contributed by atoms with Gasteiger partial charge in [-0.25, -0.2) is 0 Å². The zero-order chi connectivity index (χ0) is 25.5. The van der Waals surface area contributed by atoms with E-state index >= 15 is 0 Å². The molecule has 1 aliphatic heterocycles. The maximum Gasteiger partial charge on any atom is 0.320 e. The van der Waals surface area contributed by atoms with E-state index < -0.39 is 12.0 Å². The predicted molar refractivity (Wildman–Crippen MR) is 144 cm³/mol. The Hall–Kier alpha value is -3.06. The van der Waals surface area contributed by atoms with Crippen molar-refractivity contribution >= 4 is 17.5 Å². The summed E-state index contributed by atoms with van der Waals surface area (Å²) in [6.07, 6.45) is 12.1. The van der Waals surface area contributed by atoms with Crippen LogP contribution >= 0.6 is 0 Å². The first-order valence-electron chi connectivity index (χ1n) is 12.2. The molecule has 3 rings (SSSR count). The summed E-state index contributed by atoms with van der Waals surface area (Å²) in [6.45, 7) is 13.5. The maximum absolute atomic E-state index is 11.4. The van der Waals surface area contributed by atoms with Gasteiger partial charge >= 0.3 is 5.97 Å². The number of carboxylic acids is 1. The number of fused-ring (bicyclic) bond motifs is 1. The van der Waals surface area contributed by atoms with Crippen molar-refractivity contribution in [1.29, 1.82) is 0 Å². The Bertz CT molecular complexity index is 843. The third-order valence-corrected chi connectivity index (χ3v) is 6.22. The SMILES string of the molecule is C/C=C\Cc1ccc(/C(N)=N/N)c(N[C@H]2CCC3CNC(C(=O)O)CC3C2)c1.C=CC=C.CC. The van der Waals surface area contributed by atoms with Crippen LogP contribution in [-0.2, 0) is 11.2 Å². The van der Waals surface area contributed by atoms with Gasteiger partial charge in [0.1, 0.15) is 6.04 Å². The number of hydrazone groups is 1. The molecule has 34 heavy (non-hydrogen) atoms. The minimum atomic E-state index is -0.751. The number of rotatable bonds is 7. The first kappa shape index (κ1) is 29.0. The van der Waals surface area contributed by atoms with Gasteiger partial charge in [-0.15, -0.1) is 0 Å². The van der Waals surface area contributed by atoms with Crippen LogP contribution in [0.5, 0.6) is 0 Å². The second-order valence-electron chi connectivity index (χ2n) is 8.35. The third-order valence-electron chi connectivity index (χ3n) is 6.22. The Kier molecular flexibility index (Phi) is 13.4. The van der Waals surface area contributed by atoms with Gasteiger partial charge in [0.25, 0.3) is 0 Å². The molecule has 1 saturated carbocycles. The summed E-state index contributed by atoms with van der Waals surface area (Å²) in [5.74, 6) is 5.95. The van der Waals surface area contributed by atoms with Crippen LogP contribution in [0.3, 0.4) is 0 Å². The fourth-order valence-electron chi connectivity index (χ4n) is 4.49. The predicted octanol–water partition coefficient (Wildman–Crippen LogP) is 4.41. The Balaban J connectivity index is 0.000000872. The van der Waals surface area contributed by atoms with Crippen LogP contribution in [0, 0.1) is 11.8 Å². The van der Waals surface area contributed by atoms with Gasteiger partial charge in [-0.05, 0) is 75.1 Å². The molecule has 0 spiro atoms. The summed E-state index contributed by atoms with van der Waals surface area (Å²) in [4.78, 5) is 11.4. The van der Waals surface area contributed by atoms with Gasteiger partial charge in [0.05, 0.1) is 0 Å². The minimum absolute atomic E-state index is 0.287. The molecule has 2 aliphatic rings.